The molecular formula is C14H24N2. The zero-order chi connectivity index (χ0) is 12.0. The van der Waals surface area contributed by atoms with E-state index >= 15 is 0 Å². The van der Waals surface area contributed by atoms with Gasteiger partial charge in [-0.15, -0.1) is 0 Å². The van der Waals surface area contributed by atoms with Crippen molar-refractivity contribution >= 4 is 5.69 Å². The minimum absolute atomic E-state index is 0.540. The first-order chi connectivity index (χ1) is 7.61. The minimum Gasteiger partial charge on any atom is -0.383 e. The number of hydrogen-bond acceptors (Lipinski definition) is 2. The molecule has 0 fully saturated rings. The van der Waals surface area contributed by atoms with Crippen LogP contribution in [0.25, 0.3) is 0 Å². The standard InChI is InChI=1S/C14H24N2/c1-5-12(4)16-14-8-6-13(7-9-14)10-15-11(2)3/h6-9,11-12,15-16H,5,10H2,1-4H3. The Kier molecular flexibility index (Phi) is 5.33. The molecule has 1 aromatic carbocycles. The lowest BCUT2D eigenvalue weighted by molar-refractivity contribution is 0.589. The van der Waals surface area contributed by atoms with Crippen LogP contribution in [0.1, 0.15) is 39.7 Å². The summed E-state index contributed by atoms with van der Waals surface area (Å²) in [5.41, 5.74) is 2.55. The maximum absolute atomic E-state index is 3.46. The lowest BCUT2D eigenvalue weighted by Crippen LogP contribution is -2.21. The normalized spacial score (nSPS) is 12.8. The van der Waals surface area contributed by atoms with E-state index in [1.54, 1.807) is 0 Å². The Morgan fingerprint density at radius 3 is 2.19 bits per heavy atom. The predicted octanol–water partition coefficient (Wildman–Crippen LogP) is 3.40. The van der Waals surface area contributed by atoms with Gasteiger partial charge < -0.3 is 10.6 Å². The van der Waals surface area contributed by atoms with Gasteiger partial charge in [-0.3, -0.25) is 0 Å². The van der Waals surface area contributed by atoms with E-state index in [0.717, 1.165) is 13.0 Å². The van der Waals surface area contributed by atoms with Crippen LogP contribution in [-0.4, -0.2) is 12.1 Å². The van der Waals surface area contributed by atoms with Crippen LogP contribution in [0.2, 0.25) is 0 Å². The summed E-state index contributed by atoms with van der Waals surface area (Å²) in [6.45, 7) is 9.67. The molecule has 0 amide bonds. The lowest BCUT2D eigenvalue weighted by Gasteiger charge is -2.13. The maximum atomic E-state index is 3.46. The minimum atomic E-state index is 0.540. The van der Waals surface area contributed by atoms with Crippen molar-refractivity contribution in [3.05, 3.63) is 29.8 Å². The van der Waals surface area contributed by atoms with Crippen LogP contribution < -0.4 is 10.6 Å². The first-order valence-corrected chi connectivity index (χ1v) is 6.20. The molecule has 0 heterocycles. The molecular weight excluding hydrogens is 196 g/mol. The molecule has 2 heteroatoms. The van der Waals surface area contributed by atoms with E-state index in [2.05, 4.69) is 62.6 Å². The van der Waals surface area contributed by atoms with E-state index in [1.165, 1.54) is 11.3 Å². The number of hydrogen-bond donors (Lipinski definition) is 2. The highest BCUT2D eigenvalue weighted by Crippen LogP contribution is 2.11. The quantitative estimate of drug-likeness (QED) is 0.768. The number of nitrogens with one attached hydrogen (secondary N) is 2. The summed E-state index contributed by atoms with van der Waals surface area (Å²) in [7, 11) is 0. The molecule has 2 N–H and O–H groups in total. The highest BCUT2D eigenvalue weighted by molar-refractivity contribution is 5.45. The zero-order valence-electron chi connectivity index (χ0n) is 10.9. The molecule has 0 saturated heterocycles. The van der Waals surface area contributed by atoms with Crippen LogP contribution in [0.15, 0.2) is 24.3 Å². The van der Waals surface area contributed by atoms with E-state index in [0.29, 0.717) is 12.1 Å². The number of benzene rings is 1. The second-order valence-corrected chi connectivity index (χ2v) is 4.69. The van der Waals surface area contributed by atoms with Gasteiger partial charge in [0, 0.05) is 24.3 Å². The van der Waals surface area contributed by atoms with Gasteiger partial charge in [0.1, 0.15) is 0 Å². The predicted molar refractivity (Wildman–Crippen MR) is 71.8 cm³/mol. The summed E-state index contributed by atoms with van der Waals surface area (Å²) >= 11 is 0. The summed E-state index contributed by atoms with van der Waals surface area (Å²) in [6, 6.07) is 9.75. The van der Waals surface area contributed by atoms with Gasteiger partial charge in [0.25, 0.3) is 0 Å². The van der Waals surface area contributed by atoms with E-state index in [-0.39, 0.29) is 0 Å². The summed E-state index contributed by atoms with van der Waals surface area (Å²) in [6.07, 6.45) is 1.15. The fourth-order valence-corrected chi connectivity index (χ4v) is 1.43. The van der Waals surface area contributed by atoms with Crippen LogP contribution in [0, 0.1) is 0 Å². The van der Waals surface area contributed by atoms with Crippen LogP contribution in [0.4, 0.5) is 5.69 Å². The zero-order valence-corrected chi connectivity index (χ0v) is 10.9. The van der Waals surface area contributed by atoms with Crippen LogP contribution >= 0.6 is 0 Å². The molecule has 2 nitrogen and oxygen atoms in total. The fraction of sp³-hybridized carbons (Fsp3) is 0.571. The molecule has 0 radical (unpaired) electrons. The molecule has 0 aromatic heterocycles. The van der Waals surface area contributed by atoms with Gasteiger partial charge in [-0.1, -0.05) is 32.9 Å². The van der Waals surface area contributed by atoms with Crippen LogP contribution in [0.3, 0.4) is 0 Å². The summed E-state index contributed by atoms with van der Waals surface area (Å²) in [4.78, 5) is 0. The van der Waals surface area contributed by atoms with Crippen molar-refractivity contribution in [3.8, 4) is 0 Å². The molecule has 1 rings (SSSR count). The first kappa shape index (κ1) is 13.0. The second kappa shape index (κ2) is 6.54. The first-order valence-electron chi connectivity index (χ1n) is 6.20. The van der Waals surface area contributed by atoms with Gasteiger partial charge in [0.15, 0.2) is 0 Å². The Labute approximate surface area is 99.5 Å². The summed E-state index contributed by atoms with van der Waals surface area (Å²) in [5, 5.41) is 6.88. The van der Waals surface area contributed by atoms with E-state index in [9.17, 15) is 0 Å². The molecule has 0 spiro atoms. The monoisotopic (exact) mass is 220 g/mol. The van der Waals surface area contributed by atoms with E-state index < -0.39 is 0 Å². The topological polar surface area (TPSA) is 24.1 Å². The Morgan fingerprint density at radius 1 is 1.06 bits per heavy atom. The van der Waals surface area contributed by atoms with Crippen molar-refractivity contribution in [1.29, 1.82) is 0 Å². The van der Waals surface area contributed by atoms with E-state index in [1.807, 2.05) is 0 Å². The van der Waals surface area contributed by atoms with Gasteiger partial charge in [0.05, 0.1) is 0 Å². The number of anilines is 1. The van der Waals surface area contributed by atoms with E-state index in [4.69, 9.17) is 0 Å². The molecule has 0 aliphatic carbocycles. The molecule has 1 unspecified atom stereocenters. The third-order valence-electron chi connectivity index (χ3n) is 2.69. The largest absolute Gasteiger partial charge is 0.383 e. The van der Waals surface area contributed by atoms with Gasteiger partial charge in [0.2, 0.25) is 0 Å². The molecule has 0 aliphatic heterocycles. The van der Waals surface area contributed by atoms with Crippen molar-refractivity contribution in [3.63, 3.8) is 0 Å². The lowest BCUT2D eigenvalue weighted by atomic mass is 10.1. The highest BCUT2D eigenvalue weighted by Gasteiger charge is 1.99. The Hall–Kier alpha value is -1.02. The van der Waals surface area contributed by atoms with Crippen molar-refractivity contribution in [2.45, 2.75) is 52.7 Å². The van der Waals surface area contributed by atoms with Crippen molar-refractivity contribution < 1.29 is 0 Å². The van der Waals surface area contributed by atoms with Crippen LogP contribution in [-0.2, 0) is 6.54 Å². The SMILES string of the molecule is CCC(C)Nc1ccc(CNC(C)C)cc1. The summed E-state index contributed by atoms with van der Waals surface area (Å²) in [5.74, 6) is 0. The third-order valence-corrected chi connectivity index (χ3v) is 2.69. The molecule has 90 valence electrons. The third kappa shape index (κ3) is 4.67. The Balaban J connectivity index is 2.47. The average molecular weight is 220 g/mol. The molecule has 0 bridgehead atoms. The molecule has 1 atom stereocenters. The number of rotatable bonds is 6. The molecule has 1 aromatic rings. The molecule has 16 heavy (non-hydrogen) atoms. The van der Waals surface area contributed by atoms with Crippen molar-refractivity contribution in [1.82, 2.24) is 5.32 Å². The summed E-state index contributed by atoms with van der Waals surface area (Å²) < 4.78 is 0. The average Bonchev–Trinajstić information content (AvgIpc) is 2.28. The Bertz CT molecular complexity index is 290. The van der Waals surface area contributed by atoms with Gasteiger partial charge in [-0.2, -0.15) is 0 Å². The van der Waals surface area contributed by atoms with Gasteiger partial charge in [-0.25, -0.2) is 0 Å². The second-order valence-electron chi connectivity index (χ2n) is 4.69. The molecule has 0 aliphatic rings. The maximum Gasteiger partial charge on any atom is 0.0342 e. The van der Waals surface area contributed by atoms with Gasteiger partial charge in [-0.05, 0) is 31.0 Å². The smallest absolute Gasteiger partial charge is 0.0342 e. The van der Waals surface area contributed by atoms with Gasteiger partial charge >= 0.3 is 0 Å². The van der Waals surface area contributed by atoms with Crippen LogP contribution in [0.5, 0.6) is 0 Å². The van der Waals surface area contributed by atoms with Crippen molar-refractivity contribution in [2.24, 2.45) is 0 Å². The molecule has 0 saturated carbocycles. The highest BCUT2D eigenvalue weighted by atomic mass is 14.9. The fourth-order valence-electron chi connectivity index (χ4n) is 1.43. The Morgan fingerprint density at radius 2 is 1.69 bits per heavy atom. The van der Waals surface area contributed by atoms with Crippen molar-refractivity contribution in [2.75, 3.05) is 5.32 Å².